The zero-order valence-electron chi connectivity index (χ0n) is 18.8. The van der Waals surface area contributed by atoms with Crippen LogP contribution in [-0.2, 0) is 11.3 Å². The molecule has 9 nitrogen and oxygen atoms in total. The molecular formula is C24H30N6O3. The molecule has 0 atom stereocenters. The van der Waals surface area contributed by atoms with Gasteiger partial charge in [-0.25, -0.2) is 4.79 Å². The van der Waals surface area contributed by atoms with Crippen LogP contribution in [0, 0.1) is 0 Å². The summed E-state index contributed by atoms with van der Waals surface area (Å²) in [6, 6.07) is 15.5. The summed E-state index contributed by atoms with van der Waals surface area (Å²) in [5, 5.41) is 9.37. The molecule has 0 unspecified atom stereocenters. The molecule has 2 aliphatic heterocycles. The Labute approximate surface area is 193 Å². The van der Waals surface area contributed by atoms with Crippen molar-refractivity contribution in [3.05, 3.63) is 59.7 Å². The average Bonchev–Trinajstić information content (AvgIpc) is 3.37. The van der Waals surface area contributed by atoms with Gasteiger partial charge in [0.2, 0.25) is 0 Å². The van der Waals surface area contributed by atoms with Crippen LogP contribution in [-0.4, -0.2) is 68.7 Å². The number of nitrogens with one attached hydrogen (secondary N) is 3. The lowest BCUT2D eigenvalue weighted by Crippen LogP contribution is -2.49. The van der Waals surface area contributed by atoms with Crippen molar-refractivity contribution >= 4 is 29.3 Å². The first kappa shape index (κ1) is 22.4. The Morgan fingerprint density at radius 1 is 1.03 bits per heavy atom. The van der Waals surface area contributed by atoms with Crippen molar-refractivity contribution in [1.29, 1.82) is 0 Å². The predicted octanol–water partition coefficient (Wildman–Crippen LogP) is 2.27. The number of amides is 2. The number of anilines is 2. The number of hydrogen-bond donors (Lipinski definition) is 3. The predicted molar refractivity (Wildman–Crippen MR) is 129 cm³/mol. The van der Waals surface area contributed by atoms with Crippen LogP contribution in [0.15, 0.2) is 53.5 Å². The van der Waals surface area contributed by atoms with Gasteiger partial charge >= 0.3 is 6.09 Å². The second kappa shape index (κ2) is 10.7. The standard InChI is InChI=1S/C24H30N6O3/c1-2-33-24(32)30-15-13-29(14-16-30)21-9-5-19(6-10-21)22(31)27-17-18-3-7-20(8-4-18)28-23-25-11-12-26-23/h3-10H,2,11-17H2,1H3,(H,27,31)(H2,25,26,28). The summed E-state index contributed by atoms with van der Waals surface area (Å²) < 4.78 is 5.07. The number of hydrogen-bond acceptors (Lipinski definition) is 7. The van der Waals surface area contributed by atoms with Crippen LogP contribution in [0.3, 0.4) is 0 Å². The third-order valence-electron chi connectivity index (χ3n) is 5.64. The molecule has 0 spiro atoms. The molecule has 2 aromatic carbocycles. The molecule has 2 heterocycles. The van der Waals surface area contributed by atoms with Gasteiger partial charge in [0.25, 0.3) is 5.91 Å². The quantitative estimate of drug-likeness (QED) is 0.625. The molecule has 4 rings (SSSR count). The largest absolute Gasteiger partial charge is 0.450 e. The highest BCUT2D eigenvalue weighted by Crippen LogP contribution is 2.18. The van der Waals surface area contributed by atoms with Crippen molar-refractivity contribution in [2.75, 3.05) is 56.1 Å². The molecule has 174 valence electrons. The van der Waals surface area contributed by atoms with Crippen LogP contribution in [0.25, 0.3) is 0 Å². The molecule has 1 saturated heterocycles. The molecule has 2 amide bonds. The van der Waals surface area contributed by atoms with Gasteiger partial charge in [-0.2, -0.15) is 0 Å². The summed E-state index contributed by atoms with van der Waals surface area (Å²) in [6.45, 7) is 7.02. The molecule has 1 fully saturated rings. The van der Waals surface area contributed by atoms with Crippen LogP contribution < -0.4 is 20.9 Å². The molecule has 33 heavy (non-hydrogen) atoms. The maximum absolute atomic E-state index is 12.6. The number of rotatable bonds is 6. The Morgan fingerprint density at radius 2 is 1.76 bits per heavy atom. The van der Waals surface area contributed by atoms with Gasteiger partial charge in [-0.3, -0.25) is 9.79 Å². The van der Waals surface area contributed by atoms with Crippen LogP contribution in [0.2, 0.25) is 0 Å². The smallest absolute Gasteiger partial charge is 0.409 e. The van der Waals surface area contributed by atoms with Crippen LogP contribution in [0.4, 0.5) is 16.2 Å². The topological polar surface area (TPSA) is 98.3 Å². The van der Waals surface area contributed by atoms with Crippen molar-refractivity contribution in [2.45, 2.75) is 13.5 Å². The van der Waals surface area contributed by atoms with Gasteiger partial charge in [0.1, 0.15) is 0 Å². The highest BCUT2D eigenvalue weighted by atomic mass is 16.6. The van der Waals surface area contributed by atoms with E-state index in [1.54, 1.807) is 4.90 Å². The monoisotopic (exact) mass is 450 g/mol. The molecular weight excluding hydrogens is 420 g/mol. The molecule has 0 aliphatic carbocycles. The van der Waals surface area contributed by atoms with E-state index in [1.165, 1.54) is 0 Å². The average molecular weight is 451 g/mol. The Morgan fingerprint density at radius 3 is 2.39 bits per heavy atom. The van der Waals surface area contributed by atoms with E-state index in [9.17, 15) is 9.59 Å². The van der Waals surface area contributed by atoms with Gasteiger partial charge in [0.05, 0.1) is 13.2 Å². The second-order valence-electron chi connectivity index (χ2n) is 7.88. The van der Waals surface area contributed by atoms with E-state index in [0.29, 0.717) is 31.8 Å². The van der Waals surface area contributed by atoms with E-state index in [-0.39, 0.29) is 12.0 Å². The van der Waals surface area contributed by atoms with Gasteiger partial charge in [0, 0.05) is 56.2 Å². The van der Waals surface area contributed by atoms with Crippen LogP contribution in [0.5, 0.6) is 0 Å². The minimum atomic E-state index is -0.254. The maximum Gasteiger partial charge on any atom is 0.409 e. The van der Waals surface area contributed by atoms with Crippen molar-refractivity contribution in [1.82, 2.24) is 15.5 Å². The van der Waals surface area contributed by atoms with Gasteiger partial charge in [-0.15, -0.1) is 0 Å². The zero-order chi connectivity index (χ0) is 23.0. The summed E-state index contributed by atoms with van der Waals surface area (Å²) >= 11 is 0. The fourth-order valence-corrected chi connectivity index (χ4v) is 3.79. The normalized spacial score (nSPS) is 15.5. The highest BCUT2D eigenvalue weighted by Gasteiger charge is 2.22. The minimum absolute atomic E-state index is 0.111. The molecule has 0 bridgehead atoms. The number of guanidine groups is 1. The van der Waals surface area contributed by atoms with Gasteiger partial charge in [0.15, 0.2) is 5.96 Å². The van der Waals surface area contributed by atoms with E-state index < -0.39 is 0 Å². The summed E-state index contributed by atoms with van der Waals surface area (Å²) in [7, 11) is 0. The minimum Gasteiger partial charge on any atom is -0.450 e. The lowest BCUT2D eigenvalue weighted by atomic mass is 10.1. The summed E-state index contributed by atoms with van der Waals surface area (Å²) in [5.41, 5.74) is 3.63. The van der Waals surface area contributed by atoms with E-state index >= 15 is 0 Å². The fraction of sp³-hybridized carbons (Fsp3) is 0.375. The molecule has 9 heteroatoms. The van der Waals surface area contributed by atoms with Crippen LogP contribution >= 0.6 is 0 Å². The fourth-order valence-electron chi connectivity index (χ4n) is 3.79. The highest BCUT2D eigenvalue weighted by molar-refractivity contribution is 5.95. The number of carbonyl (C=O) groups is 2. The lowest BCUT2D eigenvalue weighted by Gasteiger charge is -2.35. The van der Waals surface area contributed by atoms with Crippen molar-refractivity contribution in [3.63, 3.8) is 0 Å². The molecule has 0 radical (unpaired) electrons. The first-order valence-corrected chi connectivity index (χ1v) is 11.3. The summed E-state index contributed by atoms with van der Waals surface area (Å²) in [6.07, 6.45) is -0.254. The Hall–Kier alpha value is -3.75. The van der Waals surface area contributed by atoms with Crippen molar-refractivity contribution < 1.29 is 14.3 Å². The number of piperazine rings is 1. The number of ether oxygens (including phenoxy) is 1. The number of carbonyl (C=O) groups excluding carboxylic acids is 2. The summed E-state index contributed by atoms with van der Waals surface area (Å²) in [5.74, 6) is 0.681. The second-order valence-corrected chi connectivity index (χ2v) is 7.88. The summed E-state index contributed by atoms with van der Waals surface area (Å²) in [4.78, 5) is 32.7. The molecule has 0 saturated carbocycles. The van der Waals surface area contributed by atoms with E-state index in [0.717, 1.165) is 49.1 Å². The number of benzene rings is 2. The third-order valence-corrected chi connectivity index (χ3v) is 5.64. The van der Waals surface area contributed by atoms with Crippen LogP contribution in [0.1, 0.15) is 22.8 Å². The Kier molecular flexibility index (Phi) is 7.29. The van der Waals surface area contributed by atoms with E-state index in [4.69, 9.17) is 4.74 Å². The molecule has 0 aromatic heterocycles. The van der Waals surface area contributed by atoms with Crippen molar-refractivity contribution in [2.24, 2.45) is 4.99 Å². The third kappa shape index (κ3) is 5.94. The molecule has 2 aliphatic rings. The van der Waals surface area contributed by atoms with E-state index in [2.05, 4.69) is 25.8 Å². The lowest BCUT2D eigenvalue weighted by molar-refractivity contribution is 0.0950. The first-order valence-electron chi connectivity index (χ1n) is 11.3. The SMILES string of the molecule is CCOC(=O)N1CCN(c2ccc(C(=O)NCc3ccc(NC4=NCCN4)cc3)cc2)CC1. The number of nitrogens with zero attached hydrogens (tertiary/aromatic N) is 3. The Bertz CT molecular complexity index is 982. The molecule has 2 aromatic rings. The van der Waals surface area contributed by atoms with Crippen molar-refractivity contribution in [3.8, 4) is 0 Å². The first-order chi connectivity index (χ1) is 16.1. The zero-order valence-corrected chi connectivity index (χ0v) is 18.8. The van der Waals surface area contributed by atoms with E-state index in [1.807, 2.05) is 55.5 Å². The van der Waals surface area contributed by atoms with Gasteiger partial charge in [-0.05, 0) is 48.9 Å². The number of aliphatic imine (C=N–C) groups is 1. The van der Waals surface area contributed by atoms with Gasteiger partial charge in [-0.1, -0.05) is 12.1 Å². The van der Waals surface area contributed by atoms with Gasteiger partial charge < -0.3 is 30.5 Å². The molecule has 3 N–H and O–H groups in total. The maximum atomic E-state index is 12.6. The Balaban J connectivity index is 1.24.